The minimum Gasteiger partial charge on any atom is -0.312 e. The summed E-state index contributed by atoms with van der Waals surface area (Å²) in [6.45, 7) is 0.323. The number of anilines is 2. The summed E-state index contributed by atoms with van der Waals surface area (Å²) in [6.07, 6.45) is 2.94. The van der Waals surface area contributed by atoms with E-state index in [9.17, 15) is 14.4 Å². The molecule has 0 fully saturated rings. The van der Waals surface area contributed by atoms with Crippen molar-refractivity contribution >= 4 is 45.3 Å². The normalized spacial score (nSPS) is 19.4. The molecule has 186 valence electrons. The molecule has 9 nitrogen and oxygen atoms in total. The number of carbonyl (C=O) groups excluding carboxylic acids is 2. The van der Waals surface area contributed by atoms with E-state index in [1.807, 2.05) is 42.5 Å². The minimum absolute atomic E-state index is 0.00303. The van der Waals surface area contributed by atoms with Gasteiger partial charge in [-0.3, -0.25) is 23.7 Å². The first-order valence-corrected chi connectivity index (χ1v) is 12.6. The van der Waals surface area contributed by atoms with Gasteiger partial charge in [0, 0.05) is 24.2 Å². The fraction of sp³-hybridized carbons (Fsp3) is 0.207. The molecule has 0 unspecified atom stereocenters. The molecule has 2 amide bonds. The van der Waals surface area contributed by atoms with Crippen LogP contribution in [-0.2, 0) is 40.9 Å². The highest BCUT2D eigenvalue weighted by Gasteiger charge is 2.51. The van der Waals surface area contributed by atoms with E-state index in [1.54, 1.807) is 27.3 Å². The van der Waals surface area contributed by atoms with Crippen molar-refractivity contribution in [3.63, 3.8) is 0 Å². The van der Waals surface area contributed by atoms with E-state index in [0.29, 0.717) is 25.2 Å². The molecule has 5 aromatic rings. The van der Waals surface area contributed by atoms with E-state index in [4.69, 9.17) is 4.98 Å². The Kier molecular flexibility index (Phi) is 4.01. The average molecular weight is 503 g/mol. The molecule has 3 aliphatic rings. The lowest BCUT2D eigenvalue weighted by atomic mass is 9.79. The summed E-state index contributed by atoms with van der Waals surface area (Å²) in [6, 6.07) is 17.7. The third kappa shape index (κ3) is 2.67. The van der Waals surface area contributed by atoms with Gasteiger partial charge < -0.3 is 10.2 Å². The average Bonchev–Trinajstić information content (AvgIpc) is 3.52. The topological polar surface area (TPSA) is 102 Å². The molecule has 0 saturated carbocycles. The Labute approximate surface area is 216 Å². The van der Waals surface area contributed by atoms with Crippen LogP contribution in [0.25, 0.3) is 21.9 Å². The Morgan fingerprint density at radius 2 is 1.84 bits per heavy atom. The SMILES string of the molecule is CN1C(=O)Cn2c(=O)n(Cc3ccc4cc5c(cc4n3)C[C@@]3(C5)C(=O)Nc4ncccc43)c3cccc1c32. The largest absolute Gasteiger partial charge is 0.330 e. The smallest absolute Gasteiger partial charge is 0.312 e. The number of imidazole rings is 1. The summed E-state index contributed by atoms with van der Waals surface area (Å²) in [5.41, 5.74) is 6.24. The number of nitrogens with one attached hydrogen (secondary N) is 1. The lowest BCUT2D eigenvalue weighted by Crippen LogP contribution is -2.37. The van der Waals surface area contributed by atoms with Crippen LogP contribution in [-0.4, -0.2) is 38.0 Å². The molecular weight excluding hydrogens is 480 g/mol. The van der Waals surface area contributed by atoms with E-state index in [1.165, 1.54) is 0 Å². The quantitative estimate of drug-likeness (QED) is 0.400. The van der Waals surface area contributed by atoms with E-state index in [2.05, 4.69) is 22.4 Å². The van der Waals surface area contributed by atoms with Crippen LogP contribution in [0.15, 0.2) is 65.6 Å². The van der Waals surface area contributed by atoms with Crippen molar-refractivity contribution in [2.45, 2.75) is 31.3 Å². The van der Waals surface area contributed by atoms with Crippen LogP contribution >= 0.6 is 0 Å². The third-order valence-corrected chi connectivity index (χ3v) is 8.41. The lowest BCUT2D eigenvalue weighted by Gasteiger charge is -2.23. The van der Waals surface area contributed by atoms with Gasteiger partial charge in [-0.2, -0.15) is 0 Å². The van der Waals surface area contributed by atoms with Crippen molar-refractivity contribution in [2.75, 3.05) is 17.3 Å². The summed E-state index contributed by atoms with van der Waals surface area (Å²) in [5.74, 6) is 0.534. The molecule has 8 rings (SSSR count). The van der Waals surface area contributed by atoms with Gasteiger partial charge in [0.15, 0.2) is 0 Å². The van der Waals surface area contributed by atoms with Crippen LogP contribution in [0, 0.1) is 0 Å². The van der Waals surface area contributed by atoms with Crippen LogP contribution in [0.4, 0.5) is 11.5 Å². The molecule has 9 heteroatoms. The molecule has 0 bridgehead atoms. The second-order valence-electron chi connectivity index (χ2n) is 10.5. The molecule has 0 radical (unpaired) electrons. The number of nitrogens with zero attached hydrogens (tertiary/aromatic N) is 5. The fourth-order valence-corrected chi connectivity index (χ4v) is 6.49. The number of benzene rings is 2. The molecule has 2 aliphatic heterocycles. The Hall–Kier alpha value is -4.79. The molecule has 1 atom stereocenters. The van der Waals surface area contributed by atoms with Crippen molar-refractivity contribution in [1.29, 1.82) is 0 Å². The molecule has 0 saturated heterocycles. The van der Waals surface area contributed by atoms with Crippen molar-refractivity contribution < 1.29 is 9.59 Å². The second kappa shape index (κ2) is 7.16. The first-order valence-electron chi connectivity index (χ1n) is 12.6. The number of para-hydroxylation sites is 1. The van der Waals surface area contributed by atoms with E-state index in [0.717, 1.165) is 50.0 Å². The number of fused-ring (bicyclic) bond motifs is 4. The fourth-order valence-electron chi connectivity index (χ4n) is 6.49. The van der Waals surface area contributed by atoms with Crippen LogP contribution in [0.1, 0.15) is 22.4 Å². The zero-order chi connectivity index (χ0) is 25.8. The minimum atomic E-state index is -0.629. The highest BCUT2D eigenvalue weighted by molar-refractivity contribution is 6.07. The number of aromatic nitrogens is 4. The molecule has 3 aromatic heterocycles. The summed E-state index contributed by atoms with van der Waals surface area (Å²) in [4.78, 5) is 49.8. The van der Waals surface area contributed by atoms with Gasteiger partial charge in [-0.25, -0.2) is 9.78 Å². The maximum absolute atomic E-state index is 13.3. The predicted octanol–water partition coefficient (Wildman–Crippen LogP) is 2.76. The summed E-state index contributed by atoms with van der Waals surface area (Å²) in [7, 11) is 1.74. The van der Waals surface area contributed by atoms with Gasteiger partial charge in [-0.1, -0.05) is 18.2 Å². The number of pyridine rings is 2. The van der Waals surface area contributed by atoms with Crippen molar-refractivity contribution in [1.82, 2.24) is 19.1 Å². The molecule has 2 aromatic carbocycles. The molecule has 1 spiro atoms. The maximum Gasteiger partial charge on any atom is 0.330 e. The van der Waals surface area contributed by atoms with E-state index >= 15 is 0 Å². The van der Waals surface area contributed by atoms with Gasteiger partial charge in [-0.05, 0) is 60.4 Å². The number of hydrogen-bond donors (Lipinski definition) is 1. The summed E-state index contributed by atoms with van der Waals surface area (Å²) < 4.78 is 3.24. The van der Waals surface area contributed by atoms with Crippen LogP contribution in [0.2, 0.25) is 0 Å². The molecule has 38 heavy (non-hydrogen) atoms. The Morgan fingerprint density at radius 3 is 2.71 bits per heavy atom. The number of likely N-dealkylation sites (N-methyl/N-ethyl adjacent to an activating group) is 1. The van der Waals surface area contributed by atoms with Gasteiger partial charge in [0.2, 0.25) is 11.8 Å². The predicted molar refractivity (Wildman–Crippen MR) is 142 cm³/mol. The summed E-state index contributed by atoms with van der Waals surface area (Å²) >= 11 is 0. The number of carbonyl (C=O) groups is 2. The Morgan fingerprint density at radius 1 is 1.00 bits per heavy atom. The van der Waals surface area contributed by atoms with Crippen molar-refractivity contribution in [3.8, 4) is 0 Å². The molecule has 1 N–H and O–H groups in total. The first kappa shape index (κ1) is 21.3. The molecule has 1 aliphatic carbocycles. The van der Waals surface area contributed by atoms with E-state index < -0.39 is 5.41 Å². The standard InChI is InChI=1S/C29H22N6O3/c1-33-22-5-2-6-23-25(22)35(15-24(33)36)28(38)34(23)14-19-8-7-16-10-17-12-29(13-18(17)11-21(16)31-19)20-4-3-9-30-26(20)32-27(29)37/h2-11H,12-15H2,1H3,(H,30,32,37)/t29-/m1/s1. The molecular formula is C29H22N6O3. The van der Waals surface area contributed by atoms with Gasteiger partial charge >= 0.3 is 5.69 Å². The highest BCUT2D eigenvalue weighted by atomic mass is 16.2. The van der Waals surface area contributed by atoms with Crippen molar-refractivity contribution in [3.05, 3.63) is 93.7 Å². The Bertz CT molecular complexity index is 1950. The van der Waals surface area contributed by atoms with Gasteiger partial charge in [0.05, 0.1) is 39.9 Å². The van der Waals surface area contributed by atoms with E-state index in [-0.39, 0.29) is 24.0 Å². The summed E-state index contributed by atoms with van der Waals surface area (Å²) in [5, 5.41) is 3.96. The third-order valence-electron chi connectivity index (χ3n) is 8.41. The Balaban J connectivity index is 1.19. The zero-order valence-corrected chi connectivity index (χ0v) is 20.6. The lowest BCUT2D eigenvalue weighted by molar-refractivity contribution is -0.120. The number of rotatable bonds is 2. The second-order valence-corrected chi connectivity index (χ2v) is 10.5. The van der Waals surface area contributed by atoms with Crippen LogP contribution in [0.5, 0.6) is 0 Å². The van der Waals surface area contributed by atoms with Crippen LogP contribution < -0.4 is 15.9 Å². The van der Waals surface area contributed by atoms with Gasteiger partial charge in [0.1, 0.15) is 12.4 Å². The van der Waals surface area contributed by atoms with Gasteiger partial charge in [-0.15, -0.1) is 0 Å². The van der Waals surface area contributed by atoms with Crippen LogP contribution in [0.3, 0.4) is 0 Å². The maximum atomic E-state index is 13.3. The monoisotopic (exact) mass is 502 g/mol. The molecule has 5 heterocycles. The highest BCUT2D eigenvalue weighted by Crippen LogP contribution is 2.47. The number of amides is 2. The van der Waals surface area contributed by atoms with Gasteiger partial charge in [0.25, 0.3) is 0 Å². The van der Waals surface area contributed by atoms with Crippen molar-refractivity contribution in [2.24, 2.45) is 0 Å². The zero-order valence-electron chi connectivity index (χ0n) is 20.6. The first-order chi connectivity index (χ1) is 18.4. The number of hydrogen-bond acceptors (Lipinski definition) is 5.